The van der Waals surface area contributed by atoms with Crippen LogP contribution in [0.2, 0.25) is 0 Å². The molecule has 60 heavy (non-hydrogen) atoms. The molecule has 4 saturated carbocycles. The zero-order valence-electron chi connectivity index (χ0n) is 36.4. The lowest BCUT2D eigenvalue weighted by molar-refractivity contribution is -0.485. The molecule has 2 unspecified atom stereocenters. The molecule has 1 saturated heterocycles. The van der Waals surface area contributed by atoms with Crippen molar-refractivity contribution >= 4 is 36.7 Å². The molecule has 2 bridgehead atoms. The van der Waals surface area contributed by atoms with Crippen molar-refractivity contribution in [3.05, 3.63) is 45.5 Å². The van der Waals surface area contributed by atoms with Crippen LogP contribution in [0.5, 0.6) is 0 Å². The highest BCUT2D eigenvalue weighted by molar-refractivity contribution is 6.48. The summed E-state index contributed by atoms with van der Waals surface area (Å²) in [4.78, 5) is 66.2. The van der Waals surface area contributed by atoms with Gasteiger partial charge in [0.15, 0.2) is 5.03 Å². The number of amides is 4. The second kappa shape index (κ2) is 19.8. The summed E-state index contributed by atoms with van der Waals surface area (Å²) in [6.07, 6.45) is 13.7. The SMILES string of the molecule is CC(C)C[C@H](NC(=O)[C@H](CCCN/C(N)=N/[N+](=O)[O-])NC(=O)C(CCCCCCCCN1C(=O)c2ccccc2C1=O)C1CCCC1)B1OC2C[C@@H]3C[C@@H](C3(C)C)[C@]2(C)O1. The third kappa shape index (κ3) is 10.3. The average Bonchev–Trinajstić information content (AvgIpc) is 3.91. The van der Waals surface area contributed by atoms with Gasteiger partial charge in [-0.25, -0.2) is 10.1 Å². The fourth-order valence-electron chi connectivity index (χ4n) is 11.0. The predicted molar refractivity (Wildman–Crippen MR) is 229 cm³/mol. The van der Waals surface area contributed by atoms with E-state index >= 15 is 0 Å². The van der Waals surface area contributed by atoms with Gasteiger partial charge in [-0.15, -0.1) is 0 Å². The minimum atomic E-state index is -0.869. The topological polar surface area (TPSA) is 208 Å². The number of nitrogens with one attached hydrogen (secondary N) is 3. The van der Waals surface area contributed by atoms with E-state index in [1.54, 1.807) is 24.3 Å². The lowest BCUT2D eigenvalue weighted by Crippen LogP contribution is -2.65. The smallest absolute Gasteiger partial charge is 0.404 e. The van der Waals surface area contributed by atoms with E-state index in [0.717, 1.165) is 83.5 Å². The second-order valence-electron chi connectivity index (χ2n) is 19.3. The molecule has 15 nitrogen and oxygen atoms in total. The van der Waals surface area contributed by atoms with Crippen molar-refractivity contribution in [1.82, 2.24) is 20.9 Å². The number of hydrazone groups is 1. The van der Waals surface area contributed by atoms with E-state index in [0.29, 0.717) is 42.3 Å². The molecule has 2 aliphatic heterocycles. The monoisotopic (exact) mass is 834 g/mol. The Kier molecular flexibility index (Phi) is 15.0. The summed E-state index contributed by atoms with van der Waals surface area (Å²) in [6.45, 7) is 11.7. The van der Waals surface area contributed by atoms with Crippen molar-refractivity contribution in [1.29, 1.82) is 0 Å². The maximum Gasteiger partial charge on any atom is 0.481 e. The van der Waals surface area contributed by atoms with Crippen molar-refractivity contribution in [2.75, 3.05) is 13.1 Å². The van der Waals surface area contributed by atoms with Crippen molar-refractivity contribution in [3.63, 3.8) is 0 Å². The minimum absolute atomic E-state index is 0.0318. The Morgan fingerprint density at radius 3 is 2.23 bits per heavy atom. The van der Waals surface area contributed by atoms with E-state index < -0.39 is 29.7 Å². The molecular formula is C44H68BN7O8. The average molecular weight is 834 g/mol. The van der Waals surface area contributed by atoms with Gasteiger partial charge in [0.25, 0.3) is 17.8 Å². The Bertz CT molecular complexity index is 1720. The van der Waals surface area contributed by atoms with Gasteiger partial charge < -0.3 is 31.0 Å². The van der Waals surface area contributed by atoms with E-state index in [4.69, 9.17) is 15.0 Å². The summed E-state index contributed by atoms with van der Waals surface area (Å²) in [5, 5.41) is 22.2. The van der Waals surface area contributed by atoms with Gasteiger partial charge in [-0.3, -0.25) is 24.1 Å². The minimum Gasteiger partial charge on any atom is -0.404 e. The molecule has 1 aromatic carbocycles. The van der Waals surface area contributed by atoms with E-state index in [-0.39, 0.29) is 71.8 Å². The maximum atomic E-state index is 14.3. The summed E-state index contributed by atoms with van der Waals surface area (Å²) in [6, 6.07) is 6.12. The number of carbonyl (C=O) groups is 4. The molecule has 4 aliphatic carbocycles. The molecule has 6 aliphatic rings. The third-order valence-corrected chi connectivity index (χ3v) is 14.5. The summed E-state index contributed by atoms with van der Waals surface area (Å²) >= 11 is 0. The highest BCUT2D eigenvalue weighted by atomic mass is 16.7. The van der Waals surface area contributed by atoms with Gasteiger partial charge in [0.1, 0.15) is 11.1 Å². The third-order valence-electron chi connectivity index (χ3n) is 14.5. The van der Waals surface area contributed by atoms with E-state index in [2.05, 4.69) is 55.7 Å². The number of nitrogens with two attached hydrogens (primary N) is 1. The first-order valence-electron chi connectivity index (χ1n) is 22.7. The molecule has 5 N–H and O–H groups in total. The van der Waals surface area contributed by atoms with Crippen LogP contribution in [0.25, 0.3) is 0 Å². The van der Waals surface area contributed by atoms with Gasteiger partial charge in [0.05, 0.1) is 28.8 Å². The van der Waals surface area contributed by atoms with Crippen LogP contribution in [-0.2, 0) is 18.9 Å². The number of carbonyl (C=O) groups excluding carboxylic acids is 4. The number of benzene rings is 1. The van der Waals surface area contributed by atoms with Crippen molar-refractivity contribution in [2.24, 2.45) is 45.8 Å². The molecule has 5 fully saturated rings. The zero-order valence-corrected chi connectivity index (χ0v) is 36.4. The van der Waals surface area contributed by atoms with Crippen LogP contribution in [0.15, 0.2) is 29.4 Å². The molecule has 2 heterocycles. The number of nitro groups is 1. The van der Waals surface area contributed by atoms with Gasteiger partial charge in [-0.2, -0.15) is 0 Å². The van der Waals surface area contributed by atoms with Gasteiger partial charge in [0.2, 0.25) is 11.8 Å². The Labute approximate surface area is 355 Å². The van der Waals surface area contributed by atoms with Crippen LogP contribution < -0.4 is 21.7 Å². The van der Waals surface area contributed by atoms with E-state index in [9.17, 15) is 29.3 Å². The van der Waals surface area contributed by atoms with Gasteiger partial charge in [-0.1, -0.05) is 84.8 Å². The maximum absolute atomic E-state index is 14.3. The normalized spacial score (nSPS) is 26.0. The van der Waals surface area contributed by atoms with Gasteiger partial charge in [0, 0.05) is 19.0 Å². The van der Waals surface area contributed by atoms with E-state index in [1.165, 1.54) is 4.90 Å². The Hall–Kier alpha value is -4.05. The number of imide groups is 1. The lowest BCUT2D eigenvalue weighted by atomic mass is 9.43. The van der Waals surface area contributed by atoms with E-state index in [1.807, 2.05) is 0 Å². The van der Waals surface area contributed by atoms with Crippen molar-refractivity contribution < 1.29 is 33.5 Å². The molecule has 0 aromatic heterocycles. The first kappa shape index (κ1) is 45.5. The van der Waals surface area contributed by atoms with Crippen molar-refractivity contribution in [3.8, 4) is 0 Å². The Morgan fingerprint density at radius 2 is 1.60 bits per heavy atom. The van der Waals surface area contributed by atoms with Crippen LogP contribution in [-0.4, -0.2) is 83.4 Å². The molecule has 0 spiro atoms. The summed E-state index contributed by atoms with van der Waals surface area (Å²) in [7, 11) is -0.605. The van der Waals surface area contributed by atoms with Gasteiger partial charge in [-0.05, 0) is 106 Å². The number of fused-ring (bicyclic) bond motifs is 1. The molecule has 1 aromatic rings. The fourth-order valence-corrected chi connectivity index (χ4v) is 11.0. The van der Waals surface area contributed by atoms with Crippen LogP contribution in [0.3, 0.4) is 0 Å². The standard InChI is InChI=1S/C44H68BN7O8/c1-28(2)25-37(45-59-36-27-30-26-35(43(30,3)4)44(36,5)60-45)49-39(54)34(22-16-23-47-42(46)50-52(57)58)48-38(53)31(29-17-11-12-18-29)19-10-8-6-7-9-15-24-51-40(55)32-20-13-14-21-33(32)41(51)56/h13-14,20-21,28-31,34-37H,6-12,15-19,22-27H2,1-5H3,(H,48,53)(H,49,54)(H3,46,47,50)/t30-,31?,34-,35-,36?,37-,44-/m0/s1. The number of rotatable bonds is 22. The summed E-state index contributed by atoms with van der Waals surface area (Å²) in [5.41, 5.74) is 6.36. The fraction of sp³-hybridized carbons (Fsp3) is 0.750. The molecule has 4 amide bonds. The summed E-state index contributed by atoms with van der Waals surface area (Å²) < 4.78 is 13.4. The molecule has 0 radical (unpaired) electrons. The predicted octanol–water partition coefficient (Wildman–Crippen LogP) is 5.98. The van der Waals surface area contributed by atoms with Crippen LogP contribution in [0, 0.1) is 45.1 Å². The first-order valence-corrected chi connectivity index (χ1v) is 22.7. The Balaban J connectivity index is 1.04. The highest BCUT2D eigenvalue weighted by Gasteiger charge is 2.68. The zero-order chi connectivity index (χ0) is 43.2. The second-order valence-corrected chi connectivity index (χ2v) is 19.3. The lowest BCUT2D eigenvalue weighted by Gasteiger charge is -2.64. The summed E-state index contributed by atoms with van der Waals surface area (Å²) in [5.74, 6) is -0.330. The number of guanidine groups is 1. The number of nitrogens with zero attached hydrogens (tertiary/aromatic N) is 3. The quantitative estimate of drug-likeness (QED) is 0.0205. The van der Waals surface area contributed by atoms with Crippen LogP contribution in [0.1, 0.15) is 158 Å². The van der Waals surface area contributed by atoms with Crippen LogP contribution in [0.4, 0.5) is 0 Å². The number of hydrogen-bond acceptors (Lipinski definition) is 8. The largest absolute Gasteiger partial charge is 0.481 e. The van der Waals surface area contributed by atoms with Crippen molar-refractivity contribution in [2.45, 2.75) is 161 Å². The Morgan fingerprint density at radius 1 is 0.950 bits per heavy atom. The molecule has 7 rings (SSSR count). The highest BCUT2D eigenvalue weighted by Crippen LogP contribution is 2.65. The van der Waals surface area contributed by atoms with Gasteiger partial charge >= 0.3 is 7.12 Å². The molecular weight excluding hydrogens is 765 g/mol. The number of unbranched alkanes of at least 4 members (excludes halogenated alkanes) is 5. The molecule has 330 valence electrons. The van der Waals surface area contributed by atoms with Crippen LogP contribution >= 0.6 is 0 Å². The number of hydrogen-bond donors (Lipinski definition) is 4. The molecule has 16 heteroatoms. The molecule has 7 atom stereocenters. The first-order chi connectivity index (χ1) is 28.6.